The summed E-state index contributed by atoms with van der Waals surface area (Å²) in [6.45, 7) is 3.03. The number of alkyl halides is 3. The summed E-state index contributed by atoms with van der Waals surface area (Å²) in [4.78, 5) is 35.8. The summed E-state index contributed by atoms with van der Waals surface area (Å²) in [5.74, 6) is -1.02. The first-order valence-corrected chi connectivity index (χ1v) is 14.7. The predicted molar refractivity (Wildman–Crippen MR) is 159 cm³/mol. The highest BCUT2D eigenvalue weighted by atomic mass is 35.5. The molecule has 0 saturated carbocycles. The van der Waals surface area contributed by atoms with Crippen molar-refractivity contribution in [2.75, 3.05) is 51.0 Å². The number of esters is 1. The minimum absolute atomic E-state index is 0.109. The molecule has 2 aliphatic rings. The number of anilines is 2. The topological polar surface area (TPSA) is 141 Å². The molecule has 0 aliphatic carbocycles. The summed E-state index contributed by atoms with van der Waals surface area (Å²) in [6.07, 6.45) is -3.78. The Labute approximate surface area is 262 Å². The highest BCUT2D eigenvalue weighted by Crippen LogP contribution is 2.42. The molecule has 1 unspecified atom stereocenters. The highest BCUT2D eigenvalue weighted by molar-refractivity contribution is 6.30. The summed E-state index contributed by atoms with van der Waals surface area (Å²) in [7, 11) is 3.17. The van der Waals surface area contributed by atoms with Gasteiger partial charge in [0.15, 0.2) is 6.61 Å². The molecule has 5 rings (SSSR count). The molecule has 1 spiro atoms. The lowest BCUT2D eigenvalue weighted by atomic mass is 9.76. The van der Waals surface area contributed by atoms with Gasteiger partial charge in [0.1, 0.15) is 11.9 Å². The Morgan fingerprint density at radius 2 is 1.93 bits per heavy atom. The van der Waals surface area contributed by atoms with E-state index in [0.29, 0.717) is 50.4 Å². The number of aromatic nitrogens is 4. The maximum atomic E-state index is 14.5. The number of hydrogen-bond acceptors (Lipinski definition) is 10. The first-order valence-electron chi connectivity index (χ1n) is 14.3. The van der Waals surface area contributed by atoms with Gasteiger partial charge in [-0.2, -0.15) is 28.2 Å². The fraction of sp³-hybridized carbons (Fsp3) is 0.483. The van der Waals surface area contributed by atoms with Gasteiger partial charge < -0.3 is 30.3 Å². The number of ether oxygens (including phenoxy) is 2. The van der Waals surface area contributed by atoms with Gasteiger partial charge in [-0.3, -0.25) is 9.59 Å². The lowest BCUT2D eigenvalue weighted by molar-refractivity contribution is -0.198. The van der Waals surface area contributed by atoms with Crippen molar-refractivity contribution in [3.63, 3.8) is 0 Å². The SMILES string of the molecule is Cc1ccn(-c2cc(Cl)ccc2C(Oc2cc(N3CCC4(CC3)CN[C@H](C(=O)OCC(=O)N(C)C)C4)nc(N)n2)C(F)(F)F)n1. The fourth-order valence-corrected chi connectivity index (χ4v) is 5.77. The van der Waals surface area contributed by atoms with Crippen molar-refractivity contribution in [3.05, 3.63) is 52.8 Å². The molecule has 3 N–H and O–H groups in total. The number of likely N-dealkylation sites (N-methyl/N-ethyl adjacent to an activating group) is 1. The molecule has 2 aromatic heterocycles. The van der Waals surface area contributed by atoms with Crippen LogP contribution in [0.15, 0.2) is 36.5 Å². The first kappa shape index (κ1) is 32.3. The lowest BCUT2D eigenvalue weighted by Gasteiger charge is -2.39. The molecule has 2 atom stereocenters. The molecule has 1 aromatic carbocycles. The van der Waals surface area contributed by atoms with Crippen LogP contribution in [0.4, 0.5) is 24.9 Å². The monoisotopic (exact) mass is 650 g/mol. The fourth-order valence-electron chi connectivity index (χ4n) is 5.60. The van der Waals surface area contributed by atoms with Crippen LogP contribution in [-0.4, -0.2) is 89.1 Å². The van der Waals surface area contributed by atoms with Crippen LogP contribution in [0.3, 0.4) is 0 Å². The zero-order valence-electron chi connectivity index (χ0n) is 25.0. The number of benzene rings is 1. The average molecular weight is 651 g/mol. The molecular weight excluding hydrogens is 617 g/mol. The molecule has 0 bridgehead atoms. The number of carbonyl (C=O) groups excluding carboxylic acids is 2. The van der Waals surface area contributed by atoms with E-state index in [4.69, 9.17) is 26.8 Å². The zero-order valence-corrected chi connectivity index (χ0v) is 25.7. The molecule has 16 heteroatoms. The van der Waals surface area contributed by atoms with E-state index < -0.39 is 24.3 Å². The molecule has 0 radical (unpaired) electrons. The van der Waals surface area contributed by atoms with Crippen molar-refractivity contribution in [1.82, 2.24) is 30.0 Å². The number of amides is 1. The number of rotatable bonds is 8. The maximum Gasteiger partial charge on any atom is 0.429 e. The van der Waals surface area contributed by atoms with Crippen molar-refractivity contribution in [2.45, 2.75) is 44.5 Å². The van der Waals surface area contributed by atoms with Gasteiger partial charge in [0.05, 0.1) is 11.4 Å². The number of nitrogens with two attached hydrogens (primary N) is 1. The van der Waals surface area contributed by atoms with E-state index in [2.05, 4.69) is 20.4 Å². The smallest absolute Gasteiger partial charge is 0.429 e. The first-order chi connectivity index (χ1) is 21.2. The third kappa shape index (κ3) is 7.41. The van der Waals surface area contributed by atoms with Gasteiger partial charge in [-0.25, -0.2) is 4.68 Å². The van der Waals surface area contributed by atoms with Gasteiger partial charge in [0, 0.05) is 56.6 Å². The Morgan fingerprint density at radius 1 is 1.20 bits per heavy atom. The maximum absolute atomic E-state index is 14.5. The van der Waals surface area contributed by atoms with E-state index in [9.17, 15) is 22.8 Å². The van der Waals surface area contributed by atoms with E-state index in [0.717, 1.165) is 0 Å². The standard InChI is InChI=1S/C29H34ClF3N8O4/c1-17-6-9-41(38-17)21-12-18(30)4-5-19(21)25(29(31,32)33)45-23-13-22(36-27(34)37-23)40-10-7-28(8-11-40)14-20(35-16-28)26(43)44-15-24(42)39(2)3/h4-6,9,12-13,20,25,35H,7-8,10-11,14-16H2,1-3H3,(H2,34,36,37)/t20-,25?/m0/s1. The normalized spacial score (nSPS) is 18.6. The second-order valence-electron chi connectivity index (χ2n) is 11.6. The number of nitrogen functional groups attached to an aromatic ring is 1. The Hall–Kier alpha value is -4.11. The molecule has 2 fully saturated rings. The molecular formula is C29H34ClF3N8O4. The van der Waals surface area contributed by atoms with E-state index in [-0.39, 0.29) is 46.0 Å². The zero-order chi connectivity index (χ0) is 32.5. The summed E-state index contributed by atoms with van der Waals surface area (Å²) in [6, 6.07) is 6.48. The van der Waals surface area contributed by atoms with Gasteiger partial charge in [0.2, 0.25) is 17.9 Å². The summed E-state index contributed by atoms with van der Waals surface area (Å²) in [5, 5.41) is 7.69. The molecule has 242 valence electrons. The van der Waals surface area contributed by atoms with Gasteiger partial charge in [0.25, 0.3) is 5.91 Å². The van der Waals surface area contributed by atoms with Crippen LogP contribution in [-0.2, 0) is 14.3 Å². The Bertz CT molecular complexity index is 1560. The van der Waals surface area contributed by atoms with Crippen LogP contribution >= 0.6 is 11.6 Å². The number of nitrogens with zero attached hydrogens (tertiary/aromatic N) is 6. The number of halogens is 4. The number of carbonyl (C=O) groups is 2. The van der Waals surface area contributed by atoms with Crippen LogP contribution in [0.2, 0.25) is 5.02 Å². The molecule has 12 nitrogen and oxygen atoms in total. The van der Waals surface area contributed by atoms with Gasteiger partial charge >= 0.3 is 12.1 Å². The molecule has 2 aliphatic heterocycles. The number of nitrogens with one attached hydrogen (secondary N) is 1. The molecule has 4 heterocycles. The quantitative estimate of drug-likeness (QED) is 0.348. The van der Waals surface area contributed by atoms with E-state index in [1.807, 2.05) is 4.90 Å². The van der Waals surface area contributed by atoms with Crippen molar-refractivity contribution in [2.24, 2.45) is 5.41 Å². The predicted octanol–water partition coefficient (Wildman–Crippen LogP) is 3.47. The van der Waals surface area contributed by atoms with E-state index in [1.54, 1.807) is 33.3 Å². The van der Waals surface area contributed by atoms with Crippen LogP contribution in [0.1, 0.15) is 36.6 Å². The number of piperidine rings is 1. The minimum atomic E-state index is -4.82. The van der Waals surface area contributed by atoms with Gasteiger partial charge in [-0.15, -0.1) is 0 Å². The summed E-state index contributed by atoms with van der Waals surface area (Å²) in [5.41, 5.74) is 6.27. The third-order valence-electron chi connectivity index (χ3n) is 8.12. The second-order valence-corrected chi connectivity index (χ2v) is 12.0. The molecule has 2 saturated heterocycles. The summed E-state index contributed by atoms with van der Waals surface area (Å²) >= 11 is 6.14. The number of aryl methyl sites for hydroxylation is 1. The van der Waals surface area contributed by atoms with Crippen LogP contribution in [0.5, 0.6) is 5.88 Å². The van der Waals surface area contributed by atoms with Crippen molar-refractivity contribution in [3.8, 4) is 11.6 Å². The van der Waals surface area contributed by atoms with E-state index in [1.165, 1.54) is 33.8 Å². The van der Waals surface area contributed by atoms with Crippen molar-refractivity contribution in [1.29, 1.82) is 0 Å². The van der Waals surface area contributed by atoms with Crippen LogP contribution in [0, 0.1) is 12.3 Å². The minimum Gasteiger partial charge on any atom is -0.459 e. The van der Waals surface area contributed by atoms with Crippen molar-refractivity contribution < 1.29 is 32.2 Å². The second kappa shape index (κ2) is 12.7. The molecule has 45 heavy (non-hydrogen) atoms. The van der Waals surface area contributed by atoms with Crippen molar-refractivity contribution >= 4 is 35.2 Å². The van der Waals surface area contributed by atoms with Crippen LogP contribution in [0.25, 0.3) is 5.69 Å². The average Bonchev–Trinajstić information content (AvgIpc) is 3.60. The Kier molecular flexibility index (Phi) is 9.12. The van der Waals surface area contributed by atoms with E-state index >= 15 is 0 Å². The van der Waals surface area contributed by atoms with Gasteiger partial charge in [-0.1, -0.05) is 17.7 Å². The number of hydrogen-bond donors (Lipinski definition) is 2. The van der Waals surface area contributed by atoms with Crippen LogP contribution < -0.4 is 20.7 Å². The Morgan fingerprint density at radius 3 is 2.58 bits per heavy atom. The van der Waals surface area contributed by atoms with Gasteiger partial charge in [-0.05, 0) is 49.8 Å². The largest absolute Gasteiger partial charge is 0.459 e. The summed E-state index contributed by atoms with van der Waals surface area (Å²) < 4.78 is 55.5. The third-order valence-corrected chi connectivity index (χ3v) is 8.35. The Balaban J connectivity index is 1.29. The lowest BCUT2D eigenvalue weighted by Crippen LogP contribution is -2.41. The highest BCUT2D eigenvalue weighted by Gasteiger charge is 2.46. The molecule has 3 aromatic rings. The molecule has 1 amide bonds.